The van der Waals surface area contributed by atoms with E-state index in [4.69, 9.17) is 28.9 Å². The predicted octanol–water partition coefficient (Wildman–Crippen LogP) is 2.22. The van der Waals surface area contributed by atoms with Crippen molar-refractivity contribution in [2.75, 3.05) is 12.3 Å². The van der Waals surface area contributed by atoms with Gasteiger partial charge in [0, 0.05) is 12.1 Å². The Hall–Kier alpha value is -0.970. The number of anilines is 1. The zero-order chi connectivity index (χ0) is 13.3. The molecule has 1 fully saturated rings. The van der Waals surface area contributed by atoms with Gasteiger partial charge in [-0.3, -0.25) is 4.79 Å². The van der Waals surface area contributed by atoms with E-state index in [0.29, 0.717) is 5.56 Å². The second-order valence-electron chi connectivity index (χ2n) is 4.62. The Kier molecular flexibility index (Phi) is 3.71. The monoisotopic (exact) mass is 288 g/mol. The molecule has 6 heteroatoms. The van der Waals surface area contributed by atoms with Crippen LogP contribution in [0.1, 0.15) is 29.6 Å². The zero-order valence-electron chi connectivity index (χ0n) is 9.67. The summed E-state index contributed by atoms with van der Waals surface area (Å²) < 4.78 is 0. The molecule has 0 atom stereocenters. The number of carbonyl (C=O) groups excluding carboxylic acids is 1. The third kappa shape index (κ3) is 2.71. The summed E-state index contributed by atoms with van der Waals surface area (Å²) in [5, 5.41) is 13.0. The van der Waals surface area contributed by atoms with Crippen molar-refractivity contribution in [2.24, 2.45) is 0 Å². The van der Waals surface area contributed by atoms with Crippen LogP contribution in [0.3, 0.4) is 0 Å². The number of halogens is 2. The average Bonchev–Trinajstić information content (AvgIpc) is 2.30. The second kappa shape index (κ2) is 4.96. The molecular weight excluding hydrogens is 275 g/mol. The zero-order valence-corrected chi connectivity index (χ0v) is 11.2. The first kappa shape index (κ1) is 13.5. The maximum absolute atomic E-state index is 11.9. The standard InChI is InChI=1S/C12H14Cl2N2O2/c13-8-4-7(5-9(15)10(8)14)11(17)16-6-12(18)2-1-3-12/h4-5,18H,1-3,6,15H2,(H,16,17). The Morgan fingerprint density at radius 1 is 1.44 bits per heavy atom. The molecule has 0 unspecified atom stereocenters. The van der Waals surface area contributed by atoms with Crippen LogP contribution in [0.15, 0.2) is 12.1 Å². The SMILES string of the molecule is Nc1cc(C(=O)NCC2(O)CCC2)cc(Cl)c1Cl. The second-order valence-corrected chi connectivity index (χ2v) is 5.41. The molecule has 98 valence electrons. The quantitative estimate of drug-likeness (QED) is 0.747. The van der Waals surface area contributed by atoms with Crippen molar-refractivity contribution in [1.29, 1.82) is 0 Å². The fourth-order valence-corrected chi connectivity index (χ4v) is 2.19. The van der Waals surface area contributed by atoms with Gasteiger partial charge in [-0.05, 0) is 31.4 Å². The number of aliphatic hydroxyl groups is 1. The summed E-state index contributed by atoms with van der Waals surface area (Å²) in [6.45, 7) is 0.242. The van der Waals surface area contributed by atoms with Gasteiger partial charge in [0.05, 0.1) is 21.3 Å². The highest BCUT2D eigenvalue weighted by molar-refractivity contribution is 6.43. The molecule has 1 aliphatic rings. The summed E-state index contributed by atoms with van der Waals surface area (Å²) in [6.07, 6.45) is 2.43. The highest BCUT2D eigenvalue weighted by Crippen LogP contribution is 2.31. The number of nitrogens with one attached hydrogen (secondary N) is 1. The summed E-state index contributed by atoms with van der Waals surface area (Å²) in [4.78, 5) is 11.9. The van der Waals surface area contributed by atoms with E-state index in [2.05, 4.69) is 5.32 Å². The van der Waals surface area contributed by atoms with E-state index in [1.807, 2.05) is 0 Å². The van der Waals surface area contributed by atoms with Gasteiger partial charge in [-0.1, -0.05) is 23.2 Å². The average molecular weight is 289 g/mol. The van der Waals surface area contributed by atoms with Crippen molar-refractivity contribution in [1.82, 2.24) is 5.32 Å². The smallest absolute Gasteiger partial charge is 0.251 e. The molecule has 0 spiro atoms. The van der Waals surface area contributed by atoms with E-state index < -0.39 is 5.60 Å². The normalized spacial score (nSPS) is 17.1. The minimum absolute atomic E-state index is 0.240. The third-order valence-corrected chi connectivity index (χ3v) is 4.00. The molecular formula is C12H14Cl2N2O2. The van der Waals surface area contributed by atoms with Gasteiger partial charge in [0.15, 0.2) is 0 Å². The molecule has 0 aromatic heterocycles. The number of amides is 1. The van der Waals surface area contributed by atoms with Crippen molar-refractivity contribution in [3.8, 4) is 0 Å². The predicted molar refractivity (Wildman–Crippen MR) is 72.0 cm³/mol. The van der Waals surface area contributed by atoms with Crippen LogP contribution in [0.5, 0.6) is 0 Å². The van der Waals surface area contributed by atoms with Crippen LogP contribution in [-0.2, 0) is 0 Å². The summed E-state index contributed by atoms with van der Waals surface area (Å²) in [7, 11) is 0. The number of nitrogens with two attached hydrogens (primary N) is 1. The van der Waals surface area contributed by atoms with Crippen LogP contribution in [0.4, 0.5) is 5.69 Å². The van der Waals surface area contributed by atoms with Gasteiger partial charge in [-0.15, -0.1) is 0 Å². The van der Waals surface area contributed by atoms with Crippen molar-refractivity contribution < 1.29 is 9.90 Å². The molecule has 0 aliphatic heterocycles. The van der Waals surface area contributed by atoms with Gasteiger partial charge < -0.3 is 16.2 Å². The Balaban J connectivity index is 2.05. The maximum atomic E-state index is 11.9. The van der Waals surface area contributed by atoms with Crippen LogP contribution < -0.4 is 11.1 Å². The lowest BCUT2D eigenvalue weighted by molar-refractivity contribution is -0.0300. The third-order valence-electron chi connectivity index (χ3n) is 3.18. The number of hydrogen-bond acceptors (Lipinski definition) is 3. The molecule has 0 bridgehead atoms. The Morgan fingerprint density at radius 3 is 2.61 bits per heavy atom. The van der Waals surface area contributed by atoms with Gasteiger partial charge in [0.25, 0.3) is 5.91 Å². The number of rotatable bonds is 3. The van der Waals surface area contributed by atoms with E-state index in [9.17, 15) is 9.90 Å². The topological polar surface area (TPSA) is 75.4 Å². The van der Waals surface area contributed by atoms with E-state index in [0.717, 1.165) is 19.3 Å². The lowest BCUT2D eigenvalue weighted by Gasteiger charge is -2.36. The lowest BCUT2D eigenvalue weighted by atomic mass is 9.80. The molecule has 1 aromatic carbocycles. The molecule has 0 saturated heterocycles. The largest absolute Gasteiger partial charge is 0.397 e. The van der Waals surface area contributed by atoms with Crippen LogP contribution in [-0.4, -0.2) is 23.2 Å². The number of carbonyl (C=O) groups is 1. The van der Waals surface area contributed by atoms with Crippen LogP contribution >= 0.6 is 23.2 Å². The van der Waals surface area contributed by atoms with Gasteiger partial charge in [0.1, 0.15) is 0 Å². The highest BCUT2D eigenvalue weighted by Gasteiger charge is 2.34. The molecule has 18 heavy (non-hydrogen) atoms. The molecule has 4 nitrogen and oxygen atoms in total. The van der Waals surface area contributed by atoms with Gasteiger partial charge in [-0.2, -0.15) is 0 Å². The van der Waals surface area contributed by atoms with E-state index in [-0.39, 0.29) is 28.2 Å². The fourth-order valence-electron chi connectivity index (χ4n) is 1.85. The van der Waals surface area contributed by atoms with E-state index in [1.165, 1.54) is 12.1 Å². The minimum Gasteiger partial charge on any atom is -0.397 e. The Morgan fingerprint density at radius 2 is 2.11 bits per heavy atom. The Bertz CT molecular complexity index is 464. The molecule has 0 heterocycles. The first-order valence-electron chi connectivity index (χ1n) is 5.66. The Labute approximate surface area is 115 Å². The van der Waals surface area contributed by atoms with Crippen molar-refractivity contribution in [2.45, 2.75) is 24.9 Å². The molecule has 2 rings (SSSR count). The number of benzene rings is 1. The van der Waals surface area contributed by atoms with Gasteiger partial charge in [-0.25, -0.2) is 0 Å². The van der Waals surface area contributed by atoms with Crippen LogP contribution in [0.25, 0.3) is 0 Å². The lowest BCUT2D eigenvalue weighted by Crippen LogP contribution is -2.47. The molecule has 0 radical (unpaired) electrons. The summed E-state index contributed by atoms with van der Waals surface area (Å²) in [5.41, 5.74) is 5.48. The fraction of sp³-hybridized carbons (Fsp3) is 0.417. The molecule has 4 N–H and O–H groups in total. The highest BCUT2D eigenvalue weighted by atomic mass is 35.5. The summed E-state index contributed by atoms with van der Waals surface area (Å²) >= 11 is 11.7. The molecule has 1 saturated carbocycles. The van der Waals surface area contributed by atoms with Crippen molar-refractivity contribution in [3.63, 3.8) is 0 Å². The van der Waals surface area contributed by atoms with Gasteiger partial charge >= 0.3 is 0 Å². The van der Waals surface area contributed by atoms with E-state index in [1.54, 1.807) is 0 Å². The maximum Gasteiger partial charge on any atom is 0.251 e. The summed E-state index contributed by atoms with van der Waals surface area (Å²) in [6, 6.07) is 2.93. The van der Waals surface area contributed by atoms with Crippen LogP contribution in [0.2, 0.25) is 10.0 Å². The molecule has 1 aliphatic carbocycles. The first-order valence-corrected chi connectivity index (χ1v) is 6.42. The molecule has 1 aromatic rings. The number of nitrogen functional groups attached to an aromatic ring is 1. The van der Waals surface area contributed by atoms with Crippen molar-refractivity contribution >= 4 is 34.8 Å². The summed E-state index contributed by atoms with van der Waals surface area (Å²) in [5.74, 6) is -0.319. The molecule has 1 amide bonds. The van der Waals surface area contributed by atoms with Gasteiger partial charge in [0.2, 0.25) is 0 Å². The van der Waals surface area contributed by atoms with Crippen molar-refractivity contribution in [3.05, 3.63) is 27.7 Å². The number of hydrogen-bond donors (Lipinski definition) is 3. The van der Waals surface area contributed by atoms with Crippen LogP contribution in [0, 0.1) is 0 Å². The first-order chi connectivity index (χ1) is 8.41. The minimum atomic E-state index is -0.753. The van der Waals surface area contributed by atoms with E-state index >= 15 is 0 Å².